The number of carbonyl (C=O) groups is 1. The molecule has 2 aromatic carbocycles. The Morgan fingerprint density at radius 2 is 1.81 bits per heavy atom. The lowest BCUT2D eigenvalue weighted by atomic mass is 10.1. The van der Waals surface area contributed by atoms with Gasteiger partial charge >= 0.3 is 5.97 Å². The molecule has 0 saturated carbocycles. The van der Waals surface area contributed by atoms with Crippen LogP contribution in [-0.4, -0.2) is 18.8 Å². The standard InChI is InChI=1S/C15H13N3O3/c1-21-15(19)14(16)12-4-2-3-5-13(12)17-10-6-8-11(18-20)9-7-10/h2-9,16-17H,1H3. The molecule has 0 fully saturated rings. The van der Waals surface area contributed by atoms with Gasteiger partial charge in [-0.05, 0) is 35.5 Å². The van der Waals surface area contributed by atoms with Gasteiger partial charge in [0.1, 0.15) is 11.4 Å². The predicted octanol–water partition coefficient (Wildman–Crippen LogP) is 3.37. The van der Waals surface area contributed by atoms with Crippen LogP contribution in [0.15, 0.2) is 53.7 Å². The van der Waals surface area contributed by atoms with Gasteiger partial charge in [0, 0.05) is 16.9 Å². The Bertz CT molecular complexity index is 681. The van der Waals surface area contributed by atoms with Crippen molar-refractivity contribution in [1.29, 1.82) is 5.41 Å². The number of anilines is 2. The van der Waals surface area contributed by atoms with Crippen LogP contribution >= 0.6 is 0 Å². The molecule has 6 nitrogen and oxygen atoms in total. The summed E-state index contributed by atoms with van der Waals surface area (Å²) in [6.45, 7) is 0. The topological polar surface area (TPSA) is 91.6 Å². The van der Waals surface area contributed by atoms with Crippen molar-refractivity contribution in [2.75, 3.05) is 12.4 Å². The number of methoxy groups -OCH3 is 1. The molecule has 2 N–H and O–H groups in total. The van der Waals surface area contributed by atoms with E-state index >= 15 is 0 Å². The highest BCUT2D eigenvalue weighted by molar-refractivity contribution is 6.43. The number of hydrogen-bond donors (Lipinski definition) is 2. The summed E-state index contributed by atoms with van der Waals surface area (Å²) in [6, 6.07) is 13.5. The zero-order chi connectivity index (χ0) is 15.2. The van der Waals surface area contributed by atoms with E-state index in [4.69, 9.17) is 5.41 Å². The van der Waals surface area contributed by atoms with Crippen LogP contribution in [0.1, 0.15) is 5.56 Å². The van der Waals surface area contributed by atoms with Gasteiger partial charge in [0.15, 0.2) is 0 Å². The molecule has 0 saturated heterocycles. The second-order valence-corrected chi connectivity index (χ2v) is 4.18. The molecular weight excluding hydrogens is 270 g/mol. The molecule has 0 aliphatic carbocycles. The summed E-state index contributed by atoms with van der Waals surface area (Å²) in [5, 5.41) is 13.8. The maximum atomic E-state index is 11.5. The van der Waals surface area contributed by atoms with Crippen molar-refractivity contribution in [3.05, 3.63) is 59.0 Å². The predicted molar refractivity (Wildman–Crippen MR) is 80.5 cm³/mol. The van der Waals surface area contributed by atoms with E-state index in [0.717, 1.165) is 0 Å². The number of nitrogens with one attached hydrogen (secondary N) is 2. The first-order chi connectivity index (χ1) is 10.2. The number of nitroso groups, excluding NO2 is 1. The van der Waals surface area contributed by atoms with E-state index in [1.807, 2.05) is 0 Å². The maximum Gasteiger partial charge on any atom is 0.356 e. The largest absolute Gasteiger partial charge is 0.464 e. The quantitative estimate of drug-likeness (QED) is 0.500. The van der Waals surface area contributed by atoms with Crippen LogP contribution in [0.2, 0.25) is 0 Å². The molecule has 0 aromatic heterocycles. The number of para-hydroxylation sites is 1. The van der Waals surface area contributed by atoms with Crippen molar-refractivity contribution < 1.29 is 9.53 Å². The Morgan fingerprint density at radius 3 is 2.43 bits per heavy atom. The third-order valence-electron chi connectivity index (χ3n) is 2.84. The van der Waals surface area contributed by atoms with Gasteiger partial charge in [-0.3, -0.25) is 5.41 Å². The zero-order valence-corrected chi connectivity index (χ0v) is 11.3. The molecule has 0 aliphatic heterocycles. The Morgan fingerprint density at radius 1 is 1.14 bits per heavy atom. The number of hydrogen-bond acceptors (Lipinski definition) is 6. The van der Waals surface area contributed by atoms with Crippen molar-refractivity contribution in [1.82, 2.24) is 0 Å². The normalized spacial score (nSPS) is 9.76. The first-order valence-electron chi connectivity index (χ1n) is 6.12. The summed E-state index contributed by atoms with van der Waals surface area (Å²) in [5.41, 5.74) is 1.84. The lowest BCUT2D eigenvalue weighted by molar-refractivity contribution is -0.132. The second-order valence-electron chi connectivity index (χ2n) is 4.18. The monoisotopic (exact) mass is 283 g/mol. The van der Waals surface area contributed by atoms with E-state index in [1.54, 1.807) is 48.5 Å². The van der Waals surface area contributed by atoms with E-state index in [2.05, 4.69) is 15.2 Å². The zero-order valence-electron chi connectivity index (χ0n) is 11.3. The highest BCUT2D eigenvalue weighted by atomic mass is 16.5. The first-order valence-corrected chi connectivity index (χ1v) is 6.12. The smallest absolute Gasteiger partial charge is 0.356 e. The van der Waals surface area contributed by atoms with E-state index in [-0.39, 0.29) is 5.71 Å². The number of esters is 1. The highest BCUT2D eigenvalue weighted by Crippen LogP contribution is 2.23. The Hall–Kier alpha value is -3.02. The summed E-state index contributed by atoms with van der Waals surface area (Å²) in [5.74, 6) is -0.704. The van der Waals surface area contributed by atoms with Crippen LogP contribution in [0.25, 0.3) is 0 Å². The molecule has 21 heavy (non-hydrogen) atoms. The van der Waals surface area contributed by atoms with Gasteiger partial charge in [-0.1, -0.05) is 18.2 Å². The van der Waals surface area contributed by atoms with Gasteiger partial charge < -0.3 is 10.1 Å². The summed E-state index contributed by atoms with van der Waals surface area (Å²) in [6.07, 6.45) is 0. The molecular formula is C15H13N3O3. The molecule has 0 unspecified atom stereocenters. The first kappa shape index (κ1) is 14.4. The summed E-state index contributed by atoms with van der Waals surface area (Å²) < 4.78 is 4.56. The van der Waals surface area contributed by atoms with E-state index in [9.17, 15) is 9.70 Å². The average Bonchev–Trinajstić information content (AvgIpc) is 2.54. The minimum atomic E-state index is -0.704. The molecule has 0 bridgehead atoms. The van der Waals surface area contributed by atoms with Gasteiger partial charge in [-0.15, -0.1) is 4.91 Å². The number of rotatable bonds is 5. The minimum absolute atomic E-state index is 0.230. The van der Waals surface area contributed by atoms with Crippen LogP contribution in [0, 0.1) is 10.3 Å². The maximum absolute atomic E-state index is 11.5. The van der Waals surface area contributed by atoms with E-state index in [0.29, 0.717) is 22.6 Å². The molecule has 106 valence electrons. The molecule has 0 radical (unpaired) electrons. The third-order valence-corrected chi connectivity index (χ3v) is 2.84. The number of ether oxygens (including phenoxy) is 1. The van der Waals surface area contributed by atoms with E-state index < -0.39 is 5.97 Å². The molecule has 2 rings (SSSR count). The Labute approximate surface area is 121 Å². The Balaban J connectivity index is 2.29. The van der Waals surface area contributed by atoms with Crippen molar-refractivity contribution in [2.24, 2.45) is 5.18 Å². The van der Waals surface area contributed by atoms with Gasteiger partial charge in [0.2, 0.25) is 0 Å². The fourth-order valence-electron chi connectivity index (χ4n) is 1.78. The molecule has 0 amide bonds. The molecule has 2 aromatic rings. The van der Waals surface area contributed by atoms with Crippen LogP contribution in [-0.2, 0) is 9.53 Å². The van der Waals surface area contributed by atoms with Crippen LogP contribution in [0.4, 0.5) is 17.1 Å². The fraction of sp³-hybridized carbons (Fsp3) is 0.0667. The van der Waals surface area contributed by atoms with Crippen molar-refractivity contribution >= 4 is 28.7 Å². The summed E-state index contributed by atoms with van der Waals surface area (Å²) >= 11 is 0. The number of nitrogens with zero attached hydrogens (tertiary/aromatic N) is 1. The van der Waals surface area contributed by atoms with Crippen LogP contribution in [0.5, 0.6) is 0 Å². The SMILES string of the molecule is COC(=O)C(=N)c1ccccc1Nc1ccc(N=O)cc1. The van der Waals surface area contributed by atoms with Crippen molar-refractivity contribution in [3.8, 4) is 0 Å². The Kier molecular flexibility index (Phi) is 4.40. The molecule has 0 spiro atoms. The van der Waals surface area contributed by atoms with Gasteiger partial charge in [0.25, 0.3) is 0 Å². The summed E-state index contributed by atoms with van der Waals surface area (Å²) in [4.78, 5) is 21.9. The fourth-order valence-corrected chi connectivity index (χ4v) is 1.78. The summed E-state index contributed by atoms with van der Waals surface area (Å²) in [7, 11) is 1.23. The van der Waals surface area contributed by atoms with E-state index in [1.165, 1.54) is 7.11 Å². The van der Waals surface area contributed by atoms with Crippen LogP contribution in [0.3, 0.4) is 0 Å². The highest BCUT2D eigenvalue weighted by Gasteiger charge is 2.15. The number of carbonyl (C=O) groups excluding carboxylic acids is 1. The van der Waals surface area contributed by atoms with Gasteiger partial charge in [0.05, 0.1) is 7.11 Å². The number of benzene rings is 2. The lowest BCUT2D eigenvalue weighted by Gasteiger charge is -2.12. The van der Waals surface area contributed by atoms with Crippen molar-refractivity contribution in [2.45, 2.75) is 0 Å². The van der Waals surface area contributed by atoms with Gasteiger partial charge in [-0.25, -0.2) is 4.79 Å². The second kappa shape index (κ2) is 6.42. The average molecular weight is 283 g/mol. The molecule has 6 heteroatoms. The molecule has 0 atom stereocenters. The minimum Gasteiger partial charge on any atom is -0.464 e. The third kappa shape index (κ3) is 3.30. The molecule has 0 aliphatic rings. The van der Waals surface area contributed by atoms with Crippen LogP contribution < -0.4 is 5.32 Å². The van der Waals surface area contributed by atoms with Gasteiger partial charge in [-0.2, -0.15) is 0 Å². The lowest BCUT2D eigenvalue weighted by Crippen LogP contribution is -2.17. The van der Waals surface area contributed by atoms with Crippen molar-refractivity contribution in [3.63, 3.8) is 0 Å². The molecule has 0 heterocycles.